The maximum Gasteiger partial charge on any atom is 0.274 e. The van der Waals surface area contributed by atoms with Gasteiger partial charge in [-0.05, 0) is 12.8 Å². The number of rotatable bonds is 2. The van der Waals surface area contributed by atoms with Crippen LogP contribution in [0.25, 0.3) is 0 Å². The first kappa shape index (κ1) is 14.2. The maximum absolute atomic E-state index is 12.4. The van der Waals surface area contributed by atoms with Gasteiger partial charge in [-0.1, -0.05) is 25.4 Å². The number of likely N-dealkylation sites (tertiary alicyclic amines) is 1. The number of piperidine rings is 1. The minimum absolute atomic E-state index is 0.135. The number of aliphatic hydroxyl groups is 1. The average Bonchev–Trinajstić information content (AvgIpc) is 2.38. The van der Waals surface area contributed by atoms with Crippen LogP contribution in [0, 0.1) is 0 Å². The lowest BCUT2D eigenvalue weighted by atomic mass is 10.1. The van der Waals surface area contributed by atoms with Gasteiger partial charge in [0.05, 0.1) is 17.3 Å². The van der Waals surface area contributed by atoms with Crippen molar-refractivity contribution in [3.05, 3.63) is 22.7 Å². The zero-order valence-electron chi connectivity index (χ0n) is 11.1. The molecule has 1 aliphatic rings. The summed E-state index contributed by atoms with van der Waals surface area (Å²) in [6.07, 6.45) is 2.55. The first-order valence-corrected chi connectivity index (χ1v) is 6.86. The van der Waals surface area contributed by atoms with Crippen molar-refractivity contribution in [2.45, 2.75) is 38.7 Å². The van der Waals surface area contributed by atoms with E-state index < -0.39 is 6.10 Å². The molecule has 19 heavy (non-hydrogen) atoms. The first-order valence-electron chi connectivity index (χ1n) is 6.48. The van der Waals surface area contributed by atoms with E-state index in [4.69, 9.17) is 11.6 Å². The molecule has 0 saturated carbocycles. The van der Waals surface area contributed by atoms with Crippen LogP contribution in [-0.4, -0.2) is 45.1 Å². The minimum Gasteiger partial charge on any atom is -0.391 e. The van der Waals surface area contributed by atoms with E-state index in [1.54, 1.807) is 4.90 Å². The van der Waals surface area contributed by atoms with Crippen LogP contribution in [0.3, 0.4) is 0 Å². The van der Waals surface area contributed by atoms with E-state index in [-0.39, 0.29) is 22.5 Å². The molecular formula is C13H18ClN3O2. The molecule has 2 rings (SSSR count). The van der Waals surface area contributed by atoms with E-state index in [9.17, 15) is 9.90 Å². The third-order valence-electron chi connectivity index (χ3n) is 3.17. The van der Waals surface area contributed by atoms with Crippen LogP contribution in [0.1, 0.15) is 48.9 Å². The molecule has 1 aromatic heterocycles. The Hall–Kier alpha value is -1.20. The van der Waals surface area contributed by atoms with Gasteiger partial charge in [-0.2, -0.15) is 0 Å². The van der Waals surface area contributed by atoms with Crippen LogP contribution >= 0.6 is 11.6 Å². The number of carbonyl (C=O) groups excluding carboxylic acids is 1. The van der Waals surface area contributed by atoms with Gasteiger partial charge in [-0.25, -0.2) is 9.97 Å². The Kier molecular flexibility index (Phi) is 4.37. The summed E-state index contributed by atoms with van der Waals surface area (Å²) in [6.45, 7) is 4.90. The van der Waals surface area contributed by atoms with Gasteiger partial charge in [0, 0.05) is 19.0 Å². The topological polar surface area (TPSA) is 66.3 Å². The molecule has 104 valence electrons. The molecule has 1 fully saturated rings. The lowest BCUT2D eigenvalue weighted by Crippen LogP contribution is -2.42. The second-order valence-electron chi connectivity index (χ2n) is 5.13. The third-order valence-corrected chi connectivity index (χ3v) is 3.44. The Bertz CT molecular complexity index is 479. The van der Waals surface area contributed by atoms with Crippen molar-refractivity contribution in [1.29, 1.82) is 0 Å². The molecule has 0 aromatic carbocycles. The number of nitrogens with zero attached hydrogens (tertiary/aromatic N) is 3. The number of β-amino-alcohol motifs (C(OH)–C–C–N with tert-alkyl or cyclic N) is 1. The van der Waals surface area contributed by atoms with Crippen molar-refractivity contribution < 1.29 is 9.90 Å². The maximum atomic E-state index is 12.4. The van der Waals surface area contributed by atoms with Crippen LogP contribution in [0.2, 0.25) is 5.02 Å². The smallest absolute Gasteiger partial charge is 0.274 e. The van der Waals surface area contributed by atoms with Crippen LogP contribution in [-0.2, 0) is 0 Å². The third kappa shape index (κ3) is 3.22. The summed E-state index contributed by atoms with van der Waals surface area (Å²) in [7, 11) is 0. The molecule has 0 bridgehead atoms. The number of aliphatic hydroxyl groups excluding tert-OH is 1. The fourth-order valence-corrected chi connectivity index (χ4v) is 2.27. The van der Waals surface area contributed by atoms with Gasteiger partial charge in [0.2, 0.25) is 0 Å². The second kappa shape index (κ2) is 5.84. The predicted octanol–water partition coefficient (Wildman–Crippen LogP) is 1.85. The molecule has 0 radical (unpaired) electrons. The van der Waals surface area contributed by atoms with Crippen LogP contribution in [0.15, 0.2) is 6.20 Å². The Morgan fingerprint density at radius 1 is 1.58 bits per heavy atom. The first-order chi connectivity index (χ1) is 8.99. The summed E-state index contributed by atoms with van der Waals surface area (Å²) in [5, 5.41) is 9.89. The van der Waals surface area contributed by atoms with E-state index in [0.29, 0.717) is 18.9 Å². The summed E-state index contributed by atoms with van der Waals surface area (Å²) in [5.74, 6) is 0.508. The van der Waals surface area contributed by atoms with Gasteiger partial charge in [0.15, 0.2) is 5.69 Å². The Balaban J connectivity index is 2.24. The lowest BCUT2D eigenvalue weighted by molar-refractivity contribution is 0.0468. The SMILES string of the molecule is CC(C)c1ncc(Cl)c(C(=O)N2CCCC(O)C2)n1. The van der Waals surface area contributed by atoms with Crippen molar-refractivity contribution in [3.8, 4) is 0 Å². The largest absolute Gasteiger partial charge is 0.391 e. The van der Waals surface area contributed by atoms with E-state index in [1.165, 1.54) is 6.20 Å². The molecule has 2 heterocycles. The zero-order valence-corrected chi connectivity index (χ0v) is 11.9. The Morgan fingerprint density at radius 3 is 2.95 bits per heavy atom. The van der Waals surface area contributed by atoms with E-state index >= 15 is 0 Å². The van der Waals surface area contributed by atoms with E-state index in [0.717, 1.165) is 12.8 Å². The number of hydrogen-bond donors (Lipinski definition) is 1. The number of aromatic nitrogens is 2. The van der Waals surface area contributed by atoms with Crippen LogP contribution in [0.4, 0.5) is 0 Å². The highest BCUT2D eigenvalue weighted by Gasteiger charge is 2.26. The van der Waals surface area contributed by atoms with Gasteiger partial charge in [-0.3, -0.25) is 4.79 Å². The van der Waals surface area contributed by atoms with Gasteiger partial charge < -0.3 is 10.0 Å². The van der Waals surface area contributed by atoms with Crippen molar-refractivity contribution in [1.82, 2.24) is 14.9 Å². The summed E-state index contributed by atoms with van der Waals surface area (Å²) < 4.78 is 0. The molecule has 1 aromatic rings. The van der Waals surface area contributed by atoms with Crippen molar-refractivity contribution in [2.24, 2.45) is 0 Å². The van der Waals surface area contributed by atoms with Gasteiger partial charge in [0.25, 0.3) is 5.91 Å². The monoisotopic (exact) mass is 283 g/mol. The summed E-state index contributed by atoms with van der Waals surface area (Å²) in [4.78, 5) is 22.4. The van der Waals surface area contributed by atoms with E-state index in [2.05, 4.69) is 9.97 Å². The molecule has 0 spiro atoms. The highest BCUT2D eigenvalue weighted by Crippen LogP contribution is 2.20. The van der Waals surface area contributed by atoms with Gasteiger partial charge >= 0.3 is 0 Å². The Labute approximate surface area is 117 Å². The number of amides is 1. The fourth-order valence-electron chi connectivity index (χ4n) is 2.10. The minimum atomic E-state index is -0.456. The fraction of sp³-hybridized carbons (Fsp3) is 0.615. The standard InChI is InChI=1S/C13H18ClN3O2/c1-8(2)12-15-6-10(14)11(16-12)13(19)17-5-3-4-9(18)7-17/h6,8-9,18H,3-5,7H2,1-2H3. The van der Waals surface area contributed by atoms with Gasteiger partial charge in [-0.15, -0.1) is 0 Å². The molecule has 5 nitrogen and oxygen atoms in total. The van der Waals surface area contributed by atoms with Crippen molar-refractivity contribution in [2.75, 3.05) is 13.1 Å². The zero-order chi connectivity index (χ0) is 14.0. The molecule has 0 aliphatic carbocycles. The lowest BCUT2D eigenvalue weighted by Gasteiger charge is -2.30. The summed E-state index contributed by atoms with van der Waals surface area (Å²) >= 11 is 6.02. The predicted molar refractivity (Wildman–Crippen MR) is 72.3 cm³/mol. The summed E-state index contributed by atoms with van der Waals surface area (Å²) in [5.41, 5.74) is 0.231. The van der Waals surface area contributed by atoms with E-state index in [1.807, 2.05) is 13.8 Å². The highest BCUT2D eigenvalue weighted by molar-refractivity contribution is 6.33. The molecule has 1 amide bonds. The molecule has 1 atom stereocenters. The second-order valence-corrected chi connectivity index (χ2v) is 5.53. The van der Waals surface area contributed by atoms with Crippen molar-refractivity contribution >= 4 is 17.5 Å². The highest BCUT2D eigenvalue weighted by atomic mass is 35.5. The molecule has 1 saturated heterocycles. The van der Waals surface area contributed by atoms with Crippen molar-refractivity contribution in [3.63, 3.8) is 0 Å². The molecular weight excluding hydrogens is 266 g/mol. The molecule has 1 aliphatic heterocycles. The number of halogens is 1. The number of carbonyl (C=O) groups is 1. The normalized spacial score (nSPS) is 19.8. The van der Waals surface area contributed by atoms with Gasteiger partial charge in [0.1, 0.15) is 5.82 Å². The van der Waals surface area contributed by atoms with Crippen LogP contribution < -0.4 is 0 Å². The molecule has 6 heteroatoms. The quantitative estimate of drug-likeness (QED) is 0.899. The molecule has 1 unspecified atom stereocenters. The van der Waals surface area contributed by atoms with Crippen LogP contribution in [0.5, 0.6) is 0 Å². The summed E-state index contributed by atoms with van der Waals surface area (Å²) in [6, 6.07) is 0. The number of hydrogen-bond acceptors (Lipinski definition) is 4. The Morgan fingerprint density at radius 2 is 2.32 bits per heavy atom. The molecule has 1 N–H and O–H groups in total. The average molecular weight is 284 g/mol.